The summed E-state index contributed by atoms with van der Waals surface area (Å²) in [4.78, 5) is 0. The molecule has 0 spiro atoms. The molecule has 0 bridgehead atoms. The summed E-state index contributed by atoms with van der Waals surface area (Å²) in [7, 11) is 0. The van der Waals surface area contributed by atoms with E-state index in [4.69, 9.17) is 0 Å². The van der Waals surface area contributed by atoms with Gasteiger partial charge in [0.1, 0.15) is 0 Å². The van der Waals surface area contributed by atoms with Gasteiger partial charge >= 0.3 is 0 Å². The van der Waals surface area contributed by atoms with Crippen molar-refractivity contribution in [3.8, 4) is 0 Å². The van der Waals surface area contributed by atoms with E-state index in [1.165, 1.54) is 218 Å². The average Bonchev–Trinajstić information content (AvgIpc) is 2.96. The minimum atomic E-state index is 0.933. The van der Waals surface area contributed by atoms with Crippen LogP contribution in [0.15, 0.2) is 0 Å². The van der Waals surface area contributed by atoms with Gasteiger partial charge in [0.15, 0.2) is 0 Å². The van der Waals surface area contributed by atoms with E-state index in [-0.39, 0.29) is 0 Å². The molecule has 0 aromatic heterocycles. The van der Waals surface area contributed by atoms with Gasteiger partial charge in [-0.15, -0.1) is 0 Å². The Morgan fingerprint density at radius 1 is 0.225 bits per heavy atom. The molecule has 0 aromatic rings. The van der Waals surface area contributed by atoms with Gasteiger partial charge in [-0.05, 0) is 11.8 Å². The van der Waals surface area contributed by atoms with Crippen LogP contribution in [-0.2, 0) is 0 Å². The Bertz CT molecular complexity index is 386. The molecule has 0 heterocycles. The minimum absolute atomic E-state index is 0.933. The van der Waals surface area contributed by atoms with Gasteiger partial charge in [-0.3, -0.25) is 0 Å². The molecule has 2 atom stereocenters. The summed E-state index contributed by atoms with van der Waals surface area (Å²) in [5, 5.41) is 0. The van der Waals surface area contributed by atoms with Crippen LogP contribution in [0.3, 0.4) is 0 Å². The highest BCUT2D eigenvalue weighted by Gasteiger charge is 2.11. The van der Waals surface area contributed by atoms with Gasteiger partial charge in [-0.1, -0.05) is 246 Å². The summed E-state index contributed by atoms with van der Waals surface area (Å²) in [6.45, 7) is 9.68. The maximum absolute atomic E-state index is 2.53. The van der Waals surface area contributed by atoms with Gasteiger partial charge < -0.3 is 0 Å². The molecule has 0 radical (unpaired) electrons. The van der Waals surface area contributed by atoms with Crippen LogP contribution in [0.25, 0.3) is 0 Å². The van der Waals surface area contributed by atoms with Gasteiger partial charge in [0.05, 0.1) is 0 Å². The summed E-state index contributed by atoms with van der Waals surface area (Å²) in [6, 6.07) is 0. The molecule has 0 aliphatic rings. The monoisotopic (exact) mass is 563 g/mol. The van der Waals surface area contributed by atoms with E-state index in [9.17, 15) is 0 Å². The van der Waals surface area contributed by atoms with Crippen molar-refractivity contribution in [2.24, 2.45) is 11.8 Å². The summed E-state index contributed by atoms with van der Waals surface area (Å²) < 4.78 is 0. The highest BCUT2D eigenvalue weighted by atomic mass is 14.2. The predicted molar refractivity (Wildman–Crippen MR) is 187 cm³/mol. The zero-order chi connectivity index (χ0) is 29.2. The largest absolute Gasteiger partial charge is 0.0654 e. The topological polar surface area (TPSA) is 0 Å². The molecule has 0 fully saturated rings. The van der Waals surface area contributed by atoms with E-state index < -0.39 is 0 Å². The zero-order valence-electron chi connectivity index (χ0n) is 29.2. The summed E-state index contributed by atoms with van der Waals surface area (Å²) >= 11 is 0. The van der Waals surface area contributed by atoms with Crippen LogP contribution in [0.2, 0.25) is 0 Å². The molecule has 0 aliphatic heterocycles. The lowest BCUT2D eigenvalue weighted by Crippen LogP contribution is -2.08. The van der Waals surface area contributed by atoms with Crippen LogP contribution in [0.1, 0.15) is 246 Å². The Hall–Kier alpha value is 0. The first-order valence-corrected chi connectivity index (χ1v) is 19.7. The molecular weight excluding hydrogens is 480 g/mol. The number of hydrogen-bond donors (Lipinski definition) is 0. The normalized spacial score (nSPS) is 13.2. The summed E-state index contributed by atoms with van der Waals surface area (Å²) in [6.07, 6.45) is 50.1. The van der Waals surface area contributed by atoms with Crippen molar-refractivity contribution < 1.29 is 0 Å². The Balaban J connectivity index is 3.26. The second kappa shape index (κ2) is 35.2. The van der Waals surface area contributed by atoms with Gasteiger partial charge in [-0.25, -0.2) is 0 Å². The molecule has 40 heavy (non-hydrogen) atoms. The molecule has 0 saturated carbocycles. The van der Waals surface area contributed by atoms with Crippen molar-refractivity contribution in [3.63, 3.8) is 0 Å². The van der Waals surface area contributed by atoms with Crippen molar-refractivity contribution in [1.82, 2.24) is 0 Å². The molecular formula is C40H82. The highest BCUT2D eigenvalue weighted by molar-refractivity contribution is 4.63. The fourth-order valence-corrected chi connectivity index (χ4v) is 6.60. The smallest absolute Gasteiger partial charge is 0.0417 e. The van der Waals surface area contributed by atoms with Crippen LogP contribution in [-0.4, -0.2) is 0 Å². The molecule has 0 rings (SSSR count). The first kappa shape index (κ1) is 40.0. The fraction of sp³-hybridized carbons (Fsp3) is 1.00. The summed E-state index contributed by atoms with van der Waals surface area (Å²) in [5.41, 5.74) is 0. The van der Waals surface area contributed by atoms with E-state index in [0.717, 1.165) is 11.8 Å². The van der Waals surface area contributed by atoms with Crippen molar-refractivity contribution in [2.45, 2.75) is 246 Å². The lowest BCUT2D eigenvalue weighted by molar-refractivity contribution is 0.322. The van der Waals surface area contributed by atoms with E-state index >= 15 is 0 Å². The van der Waals surface area contributed by atoms with Crippen LogP contribution in [0, 0.1) is 11.8 Å². The third kappa shape index (κ3) is 32.5. The van der Waals surface area contributed by atoms with Crippen LogP contribution >= 0.6 is 0 Å². The van der Waals surface area contributed by atoms with Crippen LogP contribution in [0.4, 0.5) is 0 Å². The van der Waals surface area contributed by atoms with Gasteiger partial charge in [0.25, 0.3) is 0 Å². The van der Waals surface area contributed by atoms with E-state index in [0.29, 0.717) is 0 Å². The maximum atomic E-state index is 2.53. The first-order valence-electron chi connectivity index (χ1n) is 19.7. The molecule has 0 saturated heterocycles. The molecule has 0 nitrogen and oxygen atoms in total. The van der Waals surface area contributed by atoms with Crippen LogP contribution in [0.5, 0.6) is 0 Å². The molecule has 0 aromatic carbocycles. The Labute approximate surface area is 257 Å². The maximum Gasteiger partial charge on any atom is -0.0417 e. The van der Waals surface area contributed by atoms with Gasteiger partial charge in [0.2, 0.25) is 0 Å². The lowest BCUT2D eigenvalue weighted by atomic mass is 9.86. The summed E-state index contributed by atoms with van der Waals surface area (Å²) in [5.74, 6) is 1.87. The predicted octanol–water partition coefficient (Wildman–Crippen LogP) is 15.6. The fourth-order valence-electron chi connectivity index (χ4n) is 6.60. The number of rotatable bonds is 35. The van der Waals surface area contributed by atoms with Crippen molar-refractivity contribution in [2.75, 3.05) is 0 Å². The van der Waals surface area contributed by atoms with Crippen molar-refractivity contribution in [3.05, 3.63) is 0 Å². The Morgan fingerprint density at radius 3 is 0.550 bits per heavy atom. The minimum Gasteiger partial charge on any atom is -0.0654 e. The second-order valence-corrected chi connectivity index (χ2v) is 14.1. The number of unbranched alkanes of at least 4 members (excludes halogenated alkanes) is 30. The SMILES string of the molecule is CCCCCCCCCCCCCCCCCCC(C)C(C)CCCCCCCCCCCCCCCCCC. The van der Waals surface area contributed by atoms with Crippen molar-refractivity contribution >= 4 is 0 Å². The molecule has 2 unspecified atom stereocenters. The average molecular weight is 563 g/mol. The molecule has 0 aliphatic carbocycles. The highest BCUT2D eigenvalue weighted by Crippen LogP contribution is 2.24. The third-order valence-electron chi connectivity index (χ3n) is 10.00. The van der Waals surface area contributed by atoms with Crippen LogP contribution < -0.4 is 0 Å². The second-order valence-electron chi connectivity index (χ2n) is 14.1. The molecule has 0 amide bonds. The number of hydrogen-bond acceptors (Lipinski definition) is 0. The third-order valence-corrected chi connectivity index (χ3v) is 10.00. The lowest BCUT2D eigenvalue weighted by Gasteiger charge is -2.19. The molecule has 0 N–H and O–H groups in total. The Morgan fingerprint density at radius 2 is 0.375 bits per heavy atom. The van der Waals surface area contributed by atoms with Gasteiger partial charge in [0, 0.05) is 0 Å². The van der Waals surface area contributed by atoms with Gasteiger partial charge in [-0.2, -0.15) is 0 Å². The van der Waals surface area contributed by atoms with E-state index in [1.807, 2.05) is 0 Å². The molecule has 0 heteroatoms. The standard InChI is InChI=1S/C40H82/c1-5-7-9-11-13-15-17-19-21-23-25-27-29-31-33-35-37-39(3)40(4)38-36-34-32-30-28-26-24-22-20-18-16-14-12-10-8-6-2/h39-40H,5-38H2,1-4H3. The van der Waals surface area contributed by atoms with Crippen molar-refractivity contribution in [1.29, 1.82) is 0 Å². The molecule has 242 valence electrons. The zero-order valence-corrected chi connectivity index (χ0v) is 29.2. The van der Waals surface area contributed by atoms with E-state index in [1.54, 1.807) is 0 Å². The van der Waals surface area contributed by atoms with E-state index in [2.05, 4.69) is 27.7 Å². The first-order chi connectivity index (χ1) is 19.7. The Kier molecular flexibility index (Phi) is 35.2. The quantitative estimate of drug-likeness (QED) is 0.0674.